The fraction of sp³-hybridized carbons (Fsp3) is 0. The lowest BCUT2D eigenvalue weighted by molar-refractivity contribution is 0.318. The Hall–Kier alpha value is -4.31. The maximum Gasteiger partial charge on any atom is 0.170 e. The van der Waals surface area contributed by atoms with Gasteiger partial charge in [0.2, 0.25) is 0 Å². The molecule has 0 spiro atoms. The topological polar surface area (TPSA) is 141 Å². The first-order valence-electron chi connectivity index (χ1n) is 8.13. The molecule has 28 heavy (non-hydrogen) atoms. The second-order valence-corrected chi connectivity index (χ2v) is 5.18. The highest BCUT2D eigenvalue weighted by Crippen LogP contribution is 1.97. The van der Waals surface area contributed by atoms with Crippen LogP contribution in [0.5, 0.6) is 0 Å². The van der Waals surface area contributed by atoms with Crippen LogP contribution in [-0.2, 0) is 0 Å². The third-order valence-corrected chi connectivity index (χ3v) is 3.26. The molecule has 0 amide bonds. The molecular weight excluding hydrogens is 354 g/mol. The molecule has 3 aromatic rings. The first kappa shape index (κ1) is 21.7. The van der Waals surface area contributed by atoms with E-state index >= 15 is 0 Å². The van der Waals surface area contributed by atoms with Crippen LogP contribution >= 0.6 is 0 Å². The van der Waals surface area contributed by atoms with Crippen LogP contribution in [0.25, 0.3) is 0 Å². The highest BCUT2D eigenvalue weighted by atomic mass is 16.4. The Kier molecular flexibility index (Phi) is 10.1. The zero-order chi connectivity index (χ0) is 20.6. The van der Waals surface area contributed by atoms with Gasteiger partial charge in [0.05, 0.1) is 11.6 Å². The number of benzene rings is 3. The summed E-state index contributed by atoms with van der Waals surface area (Å²) in [4.78, 5) is 0. The summed E-state index contributed by atoms with van der Waals surface area (Å²) in [7, 11) is 0. The minimum absolute atomic E-state index is 0.139. The summed E-state index contributed by atoms with van der Waals surface area (Å²) in [5.41, 5.74) is 12.8. The fourth-order valence-corrected chi connectivity index (χ4v) is 1.85. The first-order valence-corrected chi connectivity index (χ1v) is 8.13. The third kappa shape index (κ3) is 8.18. The quantitative estimate of drug-likeness (QED) is 0.236. The van der Waals surface area contributed by atoms with Crippen molar-refractivity contribution in [3.63, 3.8) is 0 Å². The molecule has 142 valence electrons. The molecule has 0 saturated heterocycles. The van der Waals surface area contributed by atoms with E-state index in [9.17, 15) is 0 Å². The molecule has 0 aliphatic heterocycles. The van der Waals surface area contributed by atoms with Crippen LogP contribution in [-0.4, -0.2) is 22.1 Å². The summed E-state index contributed by atoms with van der Waals surface area (Å²) in [5.74, 6) is 0.279. The number of hydrogen-bond acceptors (Lipinski definition) is 5. The fourth-order valence-electron chi connectivity index (χ4n) is 1.85. The lowest BCUT2D eigenvalue weighted by Crippen LogP contribution is -2.12. The second-order valence-electron chi connectivity index (χ2n) is 5.18. The van der Waals surface area contributed by atoms with Crippen LogP contribution in [0, 0.1) is 11.3 Å². The van der Waals surface area contributed by atoms with E-state index in [-0.39, 0.29) is 11.7 Å². The second kappa shape index (κ2) is 13.0. The molecule has 0 atom stereocenters. The van der Waals surface area contributed by atoms with Crippen molar-refractivity contribution in [2.24, 2.45) is 21.8 Å². The SMILES string of the molecule is N#Cc1ccccc1.N/C(=N\O)c1ccccc1.N/C(=N\O)c1ccccc1. The summed E-state index contributed by atoms with van der Waals surface area (Å²) in [6.07, 6.45) is 0. The van der Waals surface area contributed by atoms with Gasteiger partial charge in [-0.3, -0.25) is 0 Å². The normalized spacial score (nSPS) is 10.4. The van der Waals surface area contributed by atoms with E-state index in [1.165, 1.54) is 0 Å². The predicted molar refractivity (Wildman–Crippen MR) is 109 cm³/mol. The van der Waals surface area contributed by atoms with Gasteiger partial charge in [0, 0.05) is 11.1 Å². The third-order valence-electron chi connectivity index (χ3n) is 3.26. The minimum atomic E-state index is 0.139. The van der Waals surface area contributed by atoms with Crippen LogP contribution < -0.4 is 11.5 Å². The van der Waals surface area contributed by atoms with Gasteiger partial charge in [-0.15, -0.1) is 0 Å². The average molecular weight is 375 g/mol. The van der Waals surface area contributed by atoms with Crippen LogP contribution in [0.2, 0.25) is 0 Å². The summed E-state index contributed by atoms with van der Waals surface area (Å²) in [5, 5.41) is 30.5. The molecule has 0 unspecified atom stereocenters. The lowest BCUT2D eigenvalue weighted by atomic mass is 10.2. The van der Waals surface area contributed by atoms with Gasteiger partial charge in [-0.25, -0.2) is 0 Å². The highest BCUT2D eigenvalue weighted by molar-refractivity contribution is 5.97. The molecule has 0 bridgehead atoms. The Morgan fingerprint density at radius 1 is 0.643 bits per heavy atom. The van der Waals surface area contributed by atoms with Crippen molar-refractivity contribution < 1.29 is 10.4 Å². The molecule has 0 radical (unpaired) electrons. The van der Waals surface area contributed by atoms with Gasteiger partial charge in [0.25, 0.3) is 0 Å². The Labute approximate surface area is 163 Å². The molecule has 0 aliphatic rings. The Morgan fingerprint density at radius 2 is 0.964 bits per heavy atom. The maximum atomic E-state index is 8.29. The van der Waals surface area contributed by atoms with E-state index in [0.717, 1.165) is 11.1 Å². The average Bonchev–Trinajstić information content (AvgIpc) is 2.80. The van der Waals surface area contributed by atoms with Gasteiger partial charge in [0.15, 0.2) is 11.7 Å². The van der Waals surface area contributed by atoms with Crippen LogP contribution in [0.3, 0.4) is 0 Å². The van der Waals surface area contributed by atoms with E-state index in [1.54, 1.807) is 36.4 Å². The molecule has 6 N–H and O–H groups in total. The van der Waals surface area contributed by atoms with Gasteiger partial charge in [-0.05, 0) is 12.1 Å². The van der Waals surface area contributed by atoms with E-state index < -0.39 is 0 Å². The molecule has 7 nitrogen and oxygen atoms in total. The molecule has 3 rings (SSSR count). The van der Waals surface area contributed by atoms with Crippen molar-refractivity contribution in [1.29, 1.82) is 5.26 Å². The monoisotopic (exact) mass is 375 g/mol. The Balaban J connectivity index is 0.000000212. The van der Waals surface area contributed by atoms with E-state index in [2.05, 4.69) is 10.3 Å². The maximum absolute atomic E-state index is 8.29. The molecular formula is C21H21N5O2. The standard InChI is InChI=1S/2C7H8N2O.C7H5N/c2*8-7(9-10)6-4-2-1-3-5-6;8-6-7-4-2-1-3-5-7/h2*1-5,10H,(H2,8,9);1-5H. The molecule has 0 aromatic heterocycles. The lowest BCUT2D eigenvalue weighted by Gasteiger charge is -1.94. The number of nitrogens with zero attached hydrogens (tertiary/aromatic N) is 3. The zero-order valence-corrected chi connectivity index (χ0v) is 15.1. The van der Waals surface area contributed by atoms with E-state index in [1.807, 2.05) is 60.7 Å². The van der Waals surface area contributed by atoms with Crippen molar-refractivity contribution in [2.75, 3.05) is 0 Å². The molecule has 0 aliphatic carbocycles. The summed E-state index contributed by atoms with van der Waals surface area (Å²) in [6.45, 7) is 0. The van der Waals surface area contributed by atoms with E-state index in [4.69, 9.17) is 27.1 Å². The van der Waals surface area contributed by atoms with Gasteiger partial charge in [-0.1, -0.05) is 89.2 Å². The number of oxime groups is 2. The van der Waals surface area contributed by atoms with Crippen LogP contribution in [0.1, 0.15) is 16.7 Å². The van der Waals surface area contributed by atoms with Crippen molar-refractivity contribution in [3.8, 4) is 6.07 Å². The van der Waals surface area contributed by atoms with Crippen molar-refractivity contribution in [2.45, 2.75) is 0 Å². The van der Waals surface area contributed by atoms with Gasteiger partial charge < -0.3 is 21.9 Å². The van der Waals surface area contributed by atoms with Gasteiger partial charge in [-0.2, -0.15) is 5.26 Å². The number of amidine groups is 2. The molecule has 0 saturated carbocycles. The number of hydrogen-bond donors (Lipinski definition) is 4. The number of rotatable bonds is 2. The van der Waals surface area contributed by atoms with Gasteiger partial charge >= 0.3 is 0 Å². The predicted octanol–water partition coefficient (Wildman–Crippen LogP) is 3.12. The number of nitrogens with two attached hydrogens (primary N) is 2. The largest absolute Gasteiger partial charge is 0.409 e. The Bertz CT molecular complexity index is 852. The zero-order valence-electron chi connectivity index (χ0n) is 15.1. The highest BCUT2D eigenvalue weighted by Gasteiger charge is 1.94. The summed E-state index contributed by atoms with van der Waals surface area (Å²) in [6, 6.07) is 29.3. The van der Waals surface area contributed by atoms with Crippen LogP contribution in [0.4, 0.5) is 0 Å². The molecule has 3 aromatic carbocycles. The van der Waals surface area contributed by atoms with Gasteiger partial charge in [0.1, 0.15) is 0 Å². The minimum Gasteiger partial charge on any atom is -0.409 e. The smallest absolute Gasteiger partial charge is 0.170 e. The Morgan fingerprint density at radius 3 is 1.21 bits per heavy atom. The molecule has 0 heterocycles. The van der Waals surface area contributed by atoms with Crippen molar-refractivity contribution in [3.05, 3.63) is 108 Å². The summed E-state index contributed by atoms with van der Waals surface area (Å²) < 4.78 is 0. The first-order chi connectivity index (χ1) is 13.6. The van der Waals surface area contributed by atoms with Crippen molar-refractivity contribution in [1.82, 2.24) is 0 Å². The molecule has 0 fully saturated rings. The molecule has 7 heteroatoms. The van der Waals surface area contributed by atoms with Crippen molar-refractivity contribution >= 4 is 11.7 Å². The number of nitriles is 1. The summed E-state index contributed by atoms with van der Waals surface area (Å²) >= 11 is 0. The van der Waals surface area contributed by atoms with Crippen LogP contribution in [0.15, 0.2) is 101 Å². The van der Waals surface area contributed by atoms with E-state index in [0.29, 0.717) is 5.56 Å².